The Kier molecular flexibility index (Phi) is 7.90. The fraction of sp³-hybridized carbons (Fsp3) is 0.333. The minimum Gasteiger partial charge on any atom is -0.325 e. The maximum atomic E-state index is 13.3. The summed E-state index contributed by atoms with van der Waals surface area (Å²) in [5, 5.41) is 2.95. The lowest BCUT2D eigenvalue weighted by Crippen LogP contribution is -2.28. The van der Waals surface area contributed by atoms with Crippen molar-refractivity contribution in [3.05, 3.63) is 89.5 Å². The van der Waals surface area contributed by atoms with Crippen molar-refractivity contribution in [2.75, 3.05) is 28.9 Å². The minimum absolute atomic E-state index is 0.0369. The number of nitrogens with one attached hydrogen (secondary N) is 2. The highest BCUT2D eigenvalue weighted by molar-refractivity contribution is 7.92. The summed E-state index contributed by atoms with van der Waals surface area (Å²) in [7, 11) is -3.46. The van der Waals surface area contributed by atoms with Gasteiger partial charge in [-0.1, -0.05) is 55.8 Å². The number of carbonyl (C=O) groups is 1. The standard InChI is InChI=1S/C30H34N4O3S/c1-2-19-38(36,37)33-25-15-16-27-26(20-25)28(30(35)32-27)29(23-9-5-3-6-10-23)31-24-13-11-22(12-14-24)21-34-17-7-4-8-18-34/h3,5-6,9-16,20,28,33H,2,4,7-8,17-19,21H2,1H3,(H,32,35). The van der Waals surface area contributed by atoms with E-state index in [4.69, 9.17) is 4.99 Å². The van der Waals surface area contributed by atoms with Gasteiger partial charge >= 0.3 is 0 Å². The van der Waals surface area contributed by atoms with Crippen LogP contribution in [0.25, 0.3) is 0 Å². The summed E-state index contributed by atoms with van der Waals surface area (Å²) in [5.41, 5.74) is 5.30. The fourth-order valence-electron chi connectivity index (χ4n) is 5.19. The van der Waals surface area contributed by atoms with Crippen LogP contribution in [0.3, 0.4) is 0 Å². The first-order chi connectivity index (χ1) is 18.4. The van der Waals surface area contributed by atoms with Crippen LogP contribution in [0.2, 0.25) is 0 Å². The molecule has 8 heteroatoms. The Bertz CT molecular complexity index is 1410. The number of carbonyl (C=O) groups excluding carboxylic acids is 1. The lowest BCUT2D eigenvalue weighted by molar-refractivity contribution is -0.115. The second-order valence-corrected chi connectivity index (χ2v) is 11.9. The molecule has 0 aliphatic carbocycles. The number of rotatable bonds is 9. The van der Waals surface area contributed by atoms with Gasteiger partial charge in [0.25, 0.3) is 0 Å². The summed E-state index contributed by atoms with van der Waals surface area (Å²) in [6.45, 7) is 5.05. The van der Waals surface area contributed by atoms with Gasteiger partial charge in [0.1, 0.15) is 5.92 Å². The number of anilines is 2. The summed E-state index contributed by atoms with van der Waals surface area (Å²) in [5.74, 6) is -0.816. The molecule has 1 amide bonds. The van der Waals surface area contributed by atoms with Gasteiger partial charge in [-0.2, -0.15) is 0 Å². The van der Waals surface area contributed by atoms with Crippen LogP contribution in [0, 0.1) is 0 Å². The Labute approximate surface area is 225 Å². The maximum Gasteiger partial charge on any atom is 0.238 e. The number of aliphatic imine (C=N–C) groups is 1. The summed E-state index contributed by atoms with van der Waals surface area (Å²) < 4.78 is 27.4. The molecule has 2 heterocycles. The number of fused-ring (bicyclic) bond motifs is 1. The van der Waals surface area contributed by atoms with Crippen LogP contribution in [-0.4, -0.2) is 43.8 Å². The van der Waals surface area contributed by atoms with Gasteiger partial charge in [-0.3, -0.25) is 19.4 Å². The minimum atomic E-state index is -3.46. The number of hydrogen-bond donors (Lipinski definition) is 2. The average molecular weight is 531 g/mol. The third-order valence-electron chi connectivity index (χ3n) is 7.01. The number of benzene rings is 3. The summed E-state index contributed by atoms with van der Waals surface area (Å²) in [4.78, 5) is 20.7. The number of amides is 1. The van der Waals surface area contributed by atoms with Crippen molar-refractivity contribution >= 4 is 38.7 Å². The third kappa shape index (κ3) is 6.14. The number of hydrogen-bond acceptors (Lipinski definition) is 5. The Morgan fingerprint density at radius 2 is 1.74 bits per heavy atom. The van der Waals surface area contributed by atoms with E-state index in [-0.39, 0.29) is 11.7 Å². The number of sulfonamides is 1. The van der Waals surface area contributed by atoms with Crippen LogP contribution >= 0.6 is 0 Å². The average Bonchev–Trinajstić information content (AvgIpc) is 3.24. The van der Waals surface area contributed by atoms with Crippen LogP contribution in [0.4, 0.5) is 17.1 Å². The summed E-state index contributed by atoms with van der Waals surface area (Å²) in [6.07, 6.45) is 4.35. The van der Waals surface area contributed by atoms with Crippen molar-refractivity contribution in [3.8, 4) is 0 Å². The quantitative estimate of drug-likeness (QED) is 0.348. The van der Waals surface area contributed by atoms with E-state index in [9.17, 15) is 13.2 Å². The molecule has 5 rings (SSSR count). The summed E-state index contributed by atoms with van der Waals surface area (Å²) in [6, 6.07) is 23.1. The zero-order valence-electron chi connectivity index (χ0n) is 21.7. The molecule has 0 spiro atoms. The SMILES string of the molecule is CCCS(=O)(=O)Nc1ccc2c(c1)C(C(=Nc1ccc(CN3CCCCC3)cc1)c1ccccc1)C(=O)N2. The molecule has 3 aromatic rings. The first-order valence-corrected chi connectivity index (χ1v) is 15.0. The van der Waals surface area contributed by atoms with Gasteiger partial charge in [-0.05, 0) is 79.4 Å². The van der Waals surface area contributed by atoms with Gasteiger partial charge in [0.2, 0.25) is 15.9 Å². The van der Waals surface area contributed by atoms with Crippen molar-refractivity contribution < 1.29 is 13.2 Å². The molecular formula is C30H34N4O3S. The molecule has 1 fully saturated rings. The van der Waals surface area contributed by atoms with E-state index in [1.165, 1.54) is 24.8 Å². The van der Waals surface area contributed by atoms with E-state index >= 15 is 0 Å². The van der Waals surface area contributed by atoms with E-state index < -0.39 is 15.9 Å². The largest absolute Gasteiger partial charge is 0.325 e. The molecule has 3 aromatic carbocycles. The number of likely N-dealkylation sites (tertiary alicyclic amines) is 1. The second kappa shape index (κ2) is 11.5. The van der Waals surface area contributed by atoms with E-state index in [1.807, 2.05) is 49.4 Å². The van der Waals surface area contributed by atoms with Crippen LogP contribution < -0.4 is 10.0 Å². The Morgan fingerprint density at radius 3 is 2.45 bits per heavy atom. The molecule has 0 aromatic heterocycles. The fourth-order valence-corrected chi connectivity index (χ4v) is 6.32. The number of nitrogens with zero attached hydrogens (tertiary/aromatic N) is 2. The van der Waals surface area contributed by atoms with Crippen molar-refractivity contribution in [3.63, 3.8) is 0 Å². The summed E-state index contributed by atoms with van der Waals surface area (Å²) >= 11 is 0. The van der Waals surface area contributed by atoms with Crippen molar-refractivity contribution in [2.45, 2.75) is 45.1 Å². The lowest BCUT2D eigenvalue weighted by atomic mass is 9.90. The maximum absolute atomic E-state index is 13.3. The number of piperidine rings is 1. The van der Waals surface area contributed by atoms with E-state index in [0.29, 0.717) is 29.1 Å². The van der Waals surface area contributed by atoms with Crippen molar-refractivity contribution in [1.29, 1.82) is 0 Å². The highest BCUT2D eigenvalue weighted by Gasteiger charge is 2.36. The first-order valence-electron chi connectivity index (χ1n) is 13.3. The topological polar surface area (TPSA) is 90.9 Å². The van der Waals surface area contributed by atoms with E-state index in [2.05, 4.69) is 27.1 Å². The molecule has 38 heavy (non-hydrogen) atoms. The van der Waals surface area contributed by atoms with E-state index in [1.54, 1.807) is 18.2 Å². The molecule has 2 N–H and O–H groups in total. The Hall–Kier alpha value is -3.49. The van der Waals surface area contributed by atoms with Crippen LogP contribution in [0.5, 0.6) is 0 Å². The molecule has 7 nitrogen and oxygen atoms in total. The normalized spacial score (nSPS) is 18.2. The zero-order valence-corrected chi connectivity index (χ0v) is 22.5. The van der Waals surface area contributed by atoms with Gasteiger partial charge < -0.3 is 5.32 Å². The predicted molar refractivity (Wildman–Crippen MR) is 154 cm³/mol. The molecule has 1 atom stereocenters. The molecule has 0 radical (unpaired) electrons. The predicted octanol–water partition coefficient (Wildman–Crippen LogP) is 5.68. The Balaban J connectivity index is 1.48. The van der Waals surface area contributed by atoms with Gasteiger partial charge in [-0.25, -0.2) is 8.42 Å². The monoisotopic (exact) mass is 530 g/mol. The van der Waals surface area contributed by atoms with Crippen molar-refractivity contribution in [2.24, 2.45) is 4.99 Å². The first kappa shape index (κ1) is 26.1. The van der Waals surface area contributed by atoms with Gasteiger partial charge in [0, 0.05) is 17.9 Å². The molecule has 0 saturated carbocycles. The highest BCUT2D eigenvalue weighted by atomic mass is 32.2. The smallest absolute Gasteiger partial charge is 0.238 e. The Morgan fingerprint density at radius 1 is 1.00 bits per heavy atom. The molecule has 2 aliphatic rings. The lowest BCUT2D eigenvalue weighted by Gasteiger charge is -2.26. The highest BCUT2D eigenvalue weighted by Crippen LogP contribution is 2.38. The van der Waals surface area contributed by atoms with Crippen LogP contribution in [-0.2, 0) is 21.4 Å². The second-order valence-electron chi connectivity index (χ2n) is 10.0. The van der Waals surface area contributed by atoms with Gasteiger partial charge in [0.05, 0.1) is 17.2 Å². The molecule has 2 aliphatic heterocycles. The molecule has 198 valence electrons. The molecule has 1 unspecified atom stereocenters. The van der Waals surface area contributed by atoms with E-state index in [0.717, 1.165) is 30.9 Å². The molecular weight excluding hydrogens is 496 g/mol. The van der Waals surface area contributed by atoms with Crippen LogP contribution in [0.15, 0.2) is 77.8 Å². The zero-order chi connectivity index (χ0) is 26.5. The van der Waals surface area contributed by atoms with Gasteiger partial charge in [0.15, 0.2) is 0 Å². The molecule has 0 bridgehead atoms. The van der Waals surface area contributed by atoms with Gasteiger partial charge in [-0.15, -0.1) is 0 Å². The van der Waals surface area contributed by atoms with Crippen LogP contribution in [0.1, 0.15) is 55.2 Å². The molecule has 1 saturated heterocycles. The van der Waals surface area contributed by atoms with Crippen molar-refractivity contribution in [1.82, 2.24) is 4.90 Å². The third-order valence-corrected chi connectivity index (χ3v) is 8.50.